The Kier molecular flexibility index (Phi) is 2.68. The summed E-state index contributed by atoms with van der Waals surface area (Å²) in [6, 6.07) is 9.42. The molecule has 5 nitrogen and oxygen atoms in total. The molecule has 2 aromatic heterocycles. The first-order chi connectivity index (χ1) is 9.24. The fraction of sp³-hybridized carbons (Fsp3) is 0.143. The van der Waals surface area contributed by atoms with Crippen LogP contribution in [-0.4, -0.2) is 28.2 Å². The minimum absolute atomic E-state index is 0.198. The fourth-order valence-corrected chi connectivity index (χ4v) is 2.24. The zero-order chi connectivity index (χ0) is 13.4. The van der Waals surface area contributed by atoms with Gasteiger partial charge in [0.2, 0.25) is 0 Å². The first-order valence-electron chi connectivity index (χ1n) is 5.84. The van der Waals surface area contributed by atoms with Crippen LogP contribution in [0.4, 0.5) is 0 Å². The molecule has 0 bridgehead atoms. The Hall–Kier alpha value is -2.40. The molecule has 19 heavy (non-hydrogen) atoms. The van der Waals surface area contributed by atoms with Crippen molar-refractivity contribution in [3.05, 3.63) is 41.7 Å². The van der Waals surface area contributed by atoms with Gasteiger partial charge in [0.15, 0.2) is 0 Å². The molecular weight excluding hydrogens is 244 g/mol. The molecular formula is C14H12N2O3. The third kappa shape index (κ3) is 1.75. The van der Waals surface area contributed by atoms with Crippen molar-refractivity contribution in [2.75, 3.05) is 7.11 Å². The van der Waals surface area contributed by atoms with Crippen molar-refractivity contribution >= 4 is 27.8 Å². The Morgan fingerprint density at radius 3 is 2.89 bits per heavy atom. The van der Waals surface area contributed by atoms with Crippen molar-refractivity contribution in [3.63, 3.8) is 0 Å². The van der Waals surface area contributed by atoms with Crippen LogP contribution in [0, 0.1) is 0 Å². The highest BCUT2D eigenvalue weighted by atomic mass is 16.5. The molecule has 2 N–H and O–H groups in total. The van der Waals surface area contributed by atoms with Crippen molar-refractivity contribution in [1.29, 1.82) is 0 Å². The molecule has 2 heterocycles. The van der Waals surface area contributed by atoms with Gasteiger partial charge < -0.3 is 14.8 Å². The van der Waals surface area contributed by atoms with Crippen molar-refractivity contribution < 1.29 is 14.6 Å². The number of esters is 1. The molecule has 0 amide bonds. The van der Waals surface area contributed by atoms with Crippen molar-refractivity contribution in [1.82, 2.24) is 9.97 Å². The lowest BCUT2D eigenvalue weighted by Crippen LogP contribution is -2.06. The number of benzene rings is 1. The summed E-state index contributed by atoms with van der Waals surface area (Å²) >= 11 is 0. The molecule has 0 atom stereocenters. The number of rotatable bonds is 2. The van der Waals surface area contributed by atoms with Crippen LogP contribution in [0.25, 0.3) is 21.8 Å². The van der Waals surface area contributed by atoms with Crippen molar-refractivity contribution in [2.24, 2.45) is 0 Å². The third-order valence-corrected chi connectivity index (χ3v) is 3.12. The number of hydrogen-bond donors (Lipinski definition) is 2. The first kappa shape index (κ1) is 11.7. The van der Waals surface area contributed by atoms with Crippen LogP contribution in [0.1, 0.15) is 16.2 Å². The van der Waals surface area contributed by atoms with E-state index >= 15 is 0 Å². The third-order valence-electron chi connectivity index (χ3n) is 3.12. The Morgan fingerprint density at radius 1 is 1.37 bits per heavy atom. The van der Waals surface area contributed by atoms with Crippen LogP contribution in [0.15, 0.2) is 30.3 Å². The number of nitrogens with zero attached hydrogens (tertiary/aromatic N) is 1. The summed E-state index contributed by atoms with van der Waals surface area (Å²) in [7, 11) is 1.31. The summed E-state index contributed by atoms with van der Waals surface area (Å²) in [6.07, 6.45) is 0. The summed E-state index contributed by atoms with van der Waals surface area (Å²) < 4.78 is 4.68. The summed E-state index contributed by atoms with van der Waals surface area (Å²) in [4.78, 5) is 18.9. The van der Waals surface area contributed by atoms with Crippen LogP contribution in [0.5, 0.6) is 0 Å². The van der Waals surface area contributed by atoms with Crippen molar-refractivity contribution in [3.8, 4) is 0 Å². The number of aromatic amines is 1. The number of aromatic nitrogens is 2. The number of carbonyl (C=O) groups excluding carboxylic acids is 1. The van der Waals surface area contributed by atoms with E-state index in [9.17, 15) is 9.90 Å². The Bertz CT molecular complexity index is 777. The van der Waals surface area contributed by atoms with Gasteiger partial charge in [0, 0.05) is 16.3 Å². The van der Waals surface area contributed by atoms with E-state index in [0.717, 1.165) is 21.8 Å². The standard InChI is InChI=1S/C14H12N2O3/c1-19-14(18)11-6-9-8-4-2-3-5-10(8)16-13(9)12(7-17)15-11/h2-6,16-17H,7H2,1H3. The number of pyridine rings is 1. The molecule has 1 aromatic carbocycles. The summed E-state index contributed by atoms with van der Waals surface area (Å²) in [5, 5.41) is 11.2. The lowest BCUT2D eigenvalue weighted by molar-refractivity contribution is 0.0593. The van der Waals surface area contributed by atoms with Gasteiger partial charge in [-0.25, -0.2) is 9.78 Å². The monoisotopic (exact) mass is 256 g/mol. The van der Waals surface area contributed by atoms with E-state index in [-0.39, 0.29) is 12.3 Å². The Morgan fingerprint density at radius 2 is 2.16 bits per heavy atom. The van der Waals surface area contributed by atoms with Crippen LogP contribution in [-0.2, 0) is 11.3 Å². The number of fused-ring (bicyclic) bond motifs is 3. The molecule has 5 heteroatoms. The number of H-pyrrole nitrogens is 1. The summed E-state index contributed by atoms with van der Waals surface area (Å²) in [6.45, 7) is -0.242. The lowest BCUT2D eigenvalue weighted by Gasteiger charge is -2.03. The highest BCUT2D eigenvalue weighted by Gasteiger charge is 2.15. The van der Waals surface area contributed by atoms with Gasteiger partial charge in [-0.15, -0.1) is 0 Å². The molecule has 3 aromatic rings. The molecule has 0 aliphatic carbocycles. The number of aliphatic hydroxyl groups is 1. The van der Waals surface area contributed by atoms with E-state index in [0.29, 0.717) is 5.69 Å². The zero-order valence-corrected chi connectivity index (χ0v) is 10.3. The fourth-order valence-electron chi connectivity index (χ4n) is 2.24. The van der Waals surface area contributed by atoms with E-state index in [1.54, 1.807) is 6.07 Å². The van der Waals surface area contributed by atoms with Gasteiger partial charge in [-0.3, -0.25) is 0 Å². The largest absolute Gasteiger partial charge is 0.464 e. The van der Waals surface area contributed by atoms with Crippen LogP contribution >= 0.6 is 0 Å². The lowest BCUT2D eigenvalue weighted by atomic mass is 10.1. The highest BCUT2D eigenvalue weighted by molar-refractivity contribution is 6.09. The maximum Gasteiger partial charge on any atom is 0.356 e. The summed E-state index contributed by atoms with van der Waals surface area (Å²) in [5.74, 6) is -0.512. The first-order valence-corrected chi connectivity index (χ1v) is 5.84. The smallest absolute Gasteiger partial charge is 0.356 e. The number of methoxy groups -OCH3 is 1. The molecule has 0 saturated carbocycles. The second-order valence-electron chi connectivity index (χ2n) is 4.20. The second-order valence-corrected chi connectivity index (χ2v) is 4.20. The Balaban J connectivity index is 2.40. The zero-order valence-electron chi connectivity index (χ0n) is 10.3. The van der Waals surface area contributed by atoms with E-state index < -0.39 is 5.97 Å². The molecule has 0 aliphatic heterocycles. The maximum atomic E-state index is 11.6. The number of ether oxygens (including phenoxy) is 1. The van der Waals surface area contributed by atoms with E-state index in [1.165, 1.54) is 7.11 Å². The molecule has 0 saturated heterocycles. The average molecular weight is 256 g/mol. The van der Waals surface area contributed by atoms with E-state index in [2.05, 4.69) is 14.7 Å². The minimum atomic E-state index is -0.512. The van der Waals surface area contributed by atoms with Gasteiger partial charge in [0.1, 0.15) is 5.69 Å². The number of carbonyl (C=O) groups is 1. The predicted molar refractivity (Wildman–Crippen MR) is 70.9 cm³/mol. The Labute approximate surface area is 108 Å². The normalized spacial score (nSPS) is 11.1. The van der Waals surface area contributed by atoms with Crippen molar-refractivity contribution in [2.45, 2.75) is 6.61 Å². The second kappa shape index (κ2) is 4.37. The number of para-hydroxylation sites is 1. The molecule has 0 unspecified atom stereocenters. The molecule has 0 radical (unpaired) electrons. The van der Waals surface area contributed by atoms with Gasteiger partial charge in [-0.1, -0.05) is 18.2 Å². The molecule has 0 fully saturated rings. The summed E-state index contributed by atoms with van der Waals surface area (Å²) in [5.41, 5.74) is 2.32. The van der Waals surface area contributed by atoms with Gasteiger partial charge in [-0.05, 0) is 12.1 Å². The molecule has 0 spiro atoms. The molecule has 0 aliphatic rings. The topological polar surface area (TPSA) is 75.2 Å². The maximum absolute atomic E-state index is 11.6. The van der Waals surface area contributed by atoms with Crippen LogP contribution in [0.2, 0.25) is 0 Å². The highest BCUT2D eigenvalue weighted by Crippen LogP contribution is 2.27. The van der Waals surface area contributed by atoms with Crippen LogP contribution < -0.4 is 0 Å². The number of aliphatic hydroxyl groups excluding tert-OH is 1. The van der Waals surface area contributed by atoms with Crippen LogP contribution in [0.3, 0.4) is 0 Å². The predicted octanol–water partition coefficient (Wildman–Crippen LogP) is 1.99. The van der Waals surface area contributed by atoms with E-state index in [1.807, 2.05) is 24.3 Å². The van der Waals surface area contributed by atoms with E-state index in [4.69, 9.17) is 0 Å². The van der Waals surface area contributed by atoms with Gasteiger partial charge >= 0.3 is 5.97 Å². The van der Waals surface area contributed by atoms with Gasteiger partial charge in [0.25, 0.3) is 0 Å². The minimum Gasteiger partial charge on any atom is -0.464 e. The molecule has 96 valence electrons. The van der Waals surface area contributed by atoms with Gasteiger partial charge in [-0.2, -0.15) is 0 Å². The SMILES string of the molecule is COC(=O)c1cc2c([nH]c3ccccc32)c(CO)n1. The number of hydrogen-bond acceptors (Lipinski definition) is 4. The number of nitrogens with one attached hydrogen (secondary N) is 1. The quantitative estimate of drug-likeness (QED) is 0.687. The average Bonchev–Trinajstić information content (AvgIpc) is 2.84. The molecule has 3 rings (SSSR count). The van der Waals surface area contributed by atoms with Gasteiger partial charge in [0.05, 0.1) is 24.9 Å².